The number of hydrogen-bond acceptors (Lipinski definition) is 3. The zero-order valence-electron chi connectivity index (χ0n) is 9.62. The van der Waals surface area contributed by atoms with Gasteiger partial charge in [-0.15, -0.1) is 0 Å². The zero-order valence-corrected chi connectivity index (χ0v) is 10.4. The van der Waals surface area contributed by atoms with Crippen molar-refractivity contribution in [3.8, 4) is 5.75 Å². The Balaban J connectivity index is 2.47. The van der Waals surface area contributed by atoms with Crippen LogP contribution in [0.1, 0.15) is 20.8 Å². The Labute approximate surface area is 100 Å². The molecule has 0 amide bonds. The second-order valence-electron chi connectivity index (χ2n) is 4.31. The van der Waals surface area contributed by atoms with Crippen molar-refractivity contribution in [3.05, 3.63) is 29.3 Å². The van der Waals surface area contributed by atoms with E-state index >= 15 is 0 Å². The van der Waals surface area contributed by atoms with E-state index in [1.165, 1.54) is 0 Å². The van der Waals surface area contributed by atoms with Gasteiger partial charge in [0, 0.05) is 0 Å². The maximum atomic E-state index is 11.4. The summed E-state index contributed by atoms with van der Waals surface area (Å²) in [4.78, 5) is 11.4. The maximum absolute atomic E-state index is 11.4. The Morgan fingerprint density at radius 2 is 1.94 bits per heavy atom. The molecule has 0 spiro atoms. The summed E-state index contributed by atoms with van der Waals surface area (Å²) < 4.78 is 10.3. The Morgan fingerprint density at radius 1 is 1.31 bits per heavy atom. The van der Waals surface area contributed by atoms with Crippen molar-refractivity contribution < 1.29 is 14.3 Å². The van der Waals surface area contributed by atoms with Crippen LogP contribution in [0, 0.1) is 0 Å². The van der Waals surface area contributed by atoms with Gasteiger partial charge in [0.15, 0.2) is 6.61 Å². The molecule has 4 heteroatoms. The molecular weight excluding hydrogens is 228 g/mol. The van der Waals surface area contributed by atoms with Crippen molar-refractivity contribution in [3.63, 3.8) is 0 Å². The highest BCUT2D eigenvalue weighted by Crippen LogP contribution is 2.23. The van der Waals surface area contributed by atoms with Crippen LogP contribution in [0.25, 0.3) is 0 Å². The molecule has 0 saturated carbocycles. The summed E-state index contributed by atoms with van der Waals surface area (Å²) in [6, 6.07) is 6.98. The van der Waals surface area contributed by atoms with Gasteiger partial charge in [0.05, 0.1) is 5.02 Å². The summed E-state index contributed by atoms with van der Waals surface area (Å²) >= 11 is 5.86. The summed E-state index contributed by atoms with van der Waals surface area (Å²) in [7, 11) is 0. The molecule has 0 radical (unpaired) electrons. The topological polar surface area (TPSA) is 35.5 Å². The molecule has 1 aromatic carbocycles. The number of carbonyl (C=O) groups excluding carboxylic acids is 1. The number of benzene rings is 1. The summed E-state index contributed by atoms with van der Waals surface area (Å²) in [5, 5.41) is 0.478. The number of esters is 1. The third kappa shape index (κ3) is 4.53. The van der Waals surface area contributed by atoms with Gasteiger partial charge in [-0.05, 0) is 32.9 Å². The van der Waals surface area contributed by atoms with Gasteiger partial charge in [-0.3, -0.25) is 0 Å². The van der Waals surface area contributed by atoms with Crippen molar-refractivity contribution in [2.24, 2.45) is 0 Å². The van der Waals surface area contributed by atoms with Crippen molar-refractivity contribution >= 4 is 17.6 Å². The van der Waals surface area contributed by atoms with Crippen LogP contribution in [0.2, 0.25) is 5.02 Å². The van der Waals surface area contributed by atoms with Gasteiger partial charge in [0.1, 0.15) is 11.4 Å². The minimum absolute atomic E-state index is 0.138. The lowest BCUT2D eigenvalue weighted by Gasteiger charge is -2.19. The molecule has 16 heavy (non-hydrogen) atoms. The molecule has 88 valence electrons. The average Bonchev–Trinajstić information content (AvgIpc) is 2.14. The number of rotatable bonds is 3. The van der Waals surface area contributed by atoms with Crippen LogP contribution in [-0.4, -0.2) is 18.2 Å². The Kier molecular flexibility index (Phi) is 4.19. The predicted octanol–water partition coefficient (Wildman–Crippen LogP) is 3.06. The van der Waals surface area contributed by atoms with Crippen LogP contribution in [-0.2, 0) is 9.53 Å². The molecule has 0 atom stereocenters. The Morgan fingerprint density at radius 3 is 2.50 bits per heavy atom. The van der Waals surface area contributed by atoms with Crippen LogP contribution >= 0.6 is 11.6 Å². The SMILES string of the molecule is CC(C)(C)OC(=O)COc1ccccc1Cl. The molecule has 0 aliphatic heterocycles. The fourth-order valence-corrected chi connectivity index (χ4v) is 1.26. The van der Waals surface area contributed by atoms with E-state index in [4.69, 9.17) is 21.1 Å². The lowest BCUT2D eigenvalue weighted by molar-refractivity contribution is -0.157. The van der Waals surface area contributed by atoms with E-state index in [-0.39, 0.29) is 6.61 Å². The first-order valence-electron chi connectivity index (χ1n) is 4.98. The van der Waals surface area contributed by atoms with Crippen molar-refractivity contribution in [1.29, 1.82) is 0 Å². The molecule has 3 nitrogen and oxygen atoms in total. The van der Waals surface area contributed by atoms with E-state index in [2.05, 4.69) is 0 Å². The third-order valence-corrected chi connectivity index (χ3v) is 1.91. The first-order valence-corrected chi connectivity index (χ1v) is 5.35. The number of ether oxygens (including phenoxy) is 2. The second kappa shape index (κ2) is 5.21. The number of halogens is 1. The maximum Gasteiger partial charge on any atom is 0.344 e. The molecule has 0 aromatic heterocycles. The van der Waals surface area contributed by atoms with Crippen LogP contribution in [0.5, 0.6) is 5.75 Å². The monoisotopic (exact) mass is 242 g/mol. The van der Waals surface area contributed by atoms with Crippen LogP contribution in [0.3, 0.4) is 0 Å². The summed E-state index contributed by atoms with van der Waals surface area (Å²) in [6.45, 7) is 5.28. The number of para-hydroxylation sites is 1. The van der Waals surface area contributed by atoms with Gasteiger partial charge in [-0.1, -0.05) is 23.7 Å². The van der Waals surface area contributed by atoms with Gasteiger partial charge >= 0.3 is 5.97 Å². The molecule has 0 heterocycles. The summed E-state index contributed by atoms with van der Waals surface area (Å²) in [5.74, 6) is 0.0717. The van der Waals surface area contributed by atoms with E-state index in [0.717, 1.165) is 0 Å². The van der Waals surface area contributed by atoms with Gasteiger partial charge < -0.3 is 9.47 Å². The number of carbonyl (C=O) groups is 1. The van der Waals surface area contributed by atoms with Crippen LogP contribution in [0.4, 0.5) is 0 Å². The fourth-order valence-electron chi connectivity index (χ4n) is 1.07. The van der Waals surface area contributed by atoms with E-state index in [9.17, 15) is 4.79 Å². The van der Waals surface area contributed by atoms with Crippen molar-refractivity contribution in [2.45, 2.75) is 26.4 Å². The summed E-state index contributed by atoms with van der Waals surface area (Å²) in [5.41, 5.74) is -0.499. The van der Waals surface area contributed by atoms with Gasteiger partial charge in [-0.25, -0.2) is 4.79 Å². The lowest BCUT2D eigenvalue weighted by atomic mass is 10.2. The molecule has 0 bridgehead atoms. The fraction of sp³-hybridized carbons (Fsp3) is 0.417. The van der Waals surface area contributed by atoms with Crippen LogP contribution < -0.4 is 4.74 Å². The molecule has 0 aliphatic carbocycles. The van der Waals surface area contributed by atoms with Gasteiger partial charge in [0.25, 0.3) is 0 Å². The molecule has 0 saturated heterocycles. The minimum Gasteiger partial charge on any atom is -0.480 e. The second-order valence-corrected chi connectivity index (χ2v) is 4.71. The number of hydrogen-bond donors (Lipinski definition) is 0. The highest BCUT2D eigenvalue weighted by atomic mass is 35.5. The molecule has 1 rings (SSSR count). The Hall–Kier alpha value is -1.22. The molecule has 0 N–H and O–H groups in total. The average molecular weight is 243 g/mol. The third-order valence-electron chi connectivity index (χ3n) is 1.60. The standard InChI is InChI=1S/C12H15ClO3/c1-12(2,3)16-11(14)8-15-10-7-5-4-6-9(10)13/h4-7H,8H2,1-3H3. The normalized spacial score (nSPS) is 11.0. The first-order chi connectivity index (χ1) is 7.38. The molecule has 1 aromatic rings. The van der Waals surface area contributed by atoms with E-state index < -0.39 is 11.6 Å². The molecule has 0 unspecified atom stereocenters. The summed E-state index contributed by atoms with van der Waals surface area (Å²) in [6.07, 6.45) is 0. The molecular formula is C12H15ClO3. The Bertz CT molecular complexity index is 369. The van der Waals surface area contributed by atoms with Crippen LogP contribution in [0.15, 0.2) is 24.3 Å². The minimum atomic E-state index is -0.499. The van der Waals surface area contributed by atoms with Gasteiger partial charge in [-0.2, -0.15) is 0 Å². The van der Waals surface area contributed by atoms with E-state index in [1.54, 1.807) is 45.0 Å². The molecule has 0 fully saturated rings. The largest absolute Gasteiger partial charge is 0.480 e. The van der Waals surface area contributed by atoms with E-state index in [0.29, 0.717) is 10.8 Å². The highest BCUT2D eigenvalue weighted by molar-refractivity contribution is 6.32. The zero-order chi connectivity index (χ0) is 12.2. The van der Waals surface area contributed by atoms with Gasteiger partial charge in [0.2, 0.25) is 0 Å². The predicted molar refractivity (Wildman–Crippen MR) is 62.8 cm³/mol. The van der Waals surface area contributed by atoms with E-state index in [1.807, 2.05) is 0 Å². The van der Waals surface area contributed by atoms with Crippen molar-refractivity contribution in [2.75, 3.05) is 6.61 Å². The first kappa shape index (κ1) is 12.8. The molecule has 0 aliphatic rings. The quantitative estimate of drug-likeness (QED) is 0.765. The highest BCUT2D eigenvalue weighted by Gasteiger charge is 2.16. The lowest BCUT2D eigenvalue weighted by Crippen LogP contribution is -2.27. The smallest absolute Gasteiger partial charge is 0.344 e. The van der Waals surface area contributed by atoms with Crippen molar-refractivity contribution in [1.82, 2.24) is 0 Å².